The molecule has 0 atom stereocenters. The van der Waals surface area contributed by atoms with Crippen molar-refractivity contribution >= 4 is 20.0 Å². The fourth-order valence-corrected chi connectivity index (χ4v) is 5.58. The first kappa shape index (κ1) is 20.8. The van der Waals surface area contributed by atoms with Gasteiger partial charge in [-0.1, -0.05) is 11.2 Å². The minimum Gasteiger partial charge on any atom is -0.340 e. The second-order valence-corrected chi connectivity index (χ2v) is 10.6. The zero-order valence-corrected chi connectivity index (χ0v) is 17.3. The lowest BCUT2D eigenvalue weighted by molar-refractivity contribution is 0.155. The first-order chi connectivity index (χ1) is 13.0. The Hall–Kier alpha value is -1.89. The van der Waals surface area contributed by atoms with Gasteiger partial charge in [0.05, 0.1) is 17.2 Å². The molecule has 2 aromatic rings. The quantitative estimate of drug-likeness (QED) is 0.633. The molecule has 1 fully saturated rings. The van der Waals surface area contributed by atoms with Crippen molar-refractivity contribution < 1.29 is 25.7 Å². The Morgan fingerprint density at radius 2 is 1.93 bits per heavy atom. The van der Waals surface area contributed by atoms with Crippen LogP contribution >= 0.6 is 0 Å². The zero-order valence-electron chi connectivity index (χ0n) is 15.7. The number of aryl methyl sites for hydroxylation is 2. The van der Waals surface area contributed by atoms with E-state index in [1.54, 1.807) is 13.8 Å². The van der Waals surface area contributed by atoms with E-state index in [9.17, 15) is 21.2 Å². The average molecular weight is 432 g/mol. The molecule has 1 aromatic carbocycles. The molecule has 0 radical (unpaired) electrons. The predicted octanol–water partition coefficient (Wildman–Crippen LogP) is 0.703. The van der Waals surface area contributed by atoms with E-state index in [1.807, 2.05) is 0 Å². The van der Waals surface area contributed by atoms with Gasteiger partial charge in [-0.25, -0.2) is 21.2 Å². The Morgan fingerprint density at radius 3 is 2.46 bits per heavy atom. The van der Waals surface area contributed by atoms with Crippen LogP contribution in [-0.2, 0) is 26.5 Å². The monoisotopic (exact) mass is 432 g/mol. The summed E-state index contributed by atoms with van der Waals surface area (Å²) in [6.45, 7) is 3.27. The Balaban J connectivity index is 1.70. The highest BCUT2D eigenvalue weighted by atomic mass is 32.2. The number of halogens is 1. The fourth-order valence-electron chi connectivity index (χ4n) is 2.95. The molecule has 0 unspecified atom stereocenters. The van der Waals surface area contributed by atoms with Crippen molar-refractivity contribution in [1.82, 2.24) is 18.8 Å². The van der Waals surface area contributed by atoms with E-state index in [-0.39, 0.29) is 31.0 Å². The molecular weight excluding hydrogens is 411 g/mol. The summed E-state index contributed by atoms with van der Waals surface area (Å²) in [5, 5.41) is 3.73. The molecule has 0 amide bonds. The van der Waals surface area contributed by atoms with Gasteiger partial charge in [-0.05, 0) is 24.6 Å². The fraction of sp³-hybridized carbons (Fsp3) is 0.500. The third-order valence-corrected chi connectivity index (χ3v) is 7.73. The van der Waals surface area contributed by atoms with Crippen molar-refractivity contribution in [3.63, 3.8) is 0 Å². The van der Waals surface area contributed by atoms with Gasteiger partial charge < -0.3 is 4.52 Å². The normalized spacial score (nSPS) is 16.5. The predicted molar refractivity (Wildman–Crippen MR) is 98.0 cm³/mol. The van der Waals surface area contributed by atoms with E-state index < -0.39 is 31.9 Å². The van der Waals surface area contributed by atoms with Gasteiger partial charge in [0.2, 0.25) is 25.9 Å². The Kier molecular flexibility index (Phi) is 5.58. The second-order valence-electron chi connectivity index (χ2n) is 6.74. The van der Waals surface area contributed by atoms with Gasteiger partial charge in [0, 0.05) is 33.0 Å². The van der Waals surface area contributed by atoms with E-state index in [4.69, 9.17) is 4.52 Å². The minimum atomic E-state index is -3.89. The van der Waals surface area contributed by atoms with Crippen molar-refractivity contribution in [2.75, 3.05) is 25.9 Å². The number of rotatable bonds is 7. The number of hydrogen-bond acceptors (Lipinski definition) is 7. The summed E-state index contributed by atoms with van der Waals surface area (Å²) in [5.74, 6) is 0.156. The second kappa shape index (κ2) is 7.50. The maximum absolute atomic E-state index is 13.7. The molecule has 0 saturated carbocycles. The summed E-state index contributed by atoms with van der Waals surface area (Å²) in [4.78, 5) is 3.89. The Morgan fingerprint density at radius 1 is 1.25 bits per heavy atom. The van der Waals surface area contributed by atoms with E-state index in [0.29, 0.717) is 17.3 Å². The molecule has 1 aromatic heterocycles. The van der Waals surface area contributed by atoms with Gasteiger partial charge in [0.1, 0.15) is 5.82 Å². The first-order valence-corrected chi connectivity index (χ1v) is 11.8. The van der Waals surface area contributed by atoms with Gasteiger partial charge in [-0.3, -0.25) is 0 Å². The highest BCUT2D eigenvalue weighted by Gasteiger charge is 2.42. The van der Waals surface area contributed by atoms with Crippen LogP contribution in [0.3, 0.4) is 0 Å². The molecule has 0 aliphatic carbocycles. The molecule has 3 rings (SSSR count). The molecule has 1 saturated heterocycles. The average Bonchev–Trinajstić information content (AvgIpc) is 2.95. The molecule has 12 heteroatoms. The van der Waals surface area contributed by atoms with Crippen LogP contribution in [0.5, 0.6) is 0 Å². The van der Waals surface area contributed by atoms with Crippen LogP contribution in [0.25, 0.3) is 0 Å². The molecule has 0 bridgehead atoms. The van der Waals surface area contributed by atoms with E-state index >= 15 is 0 Å². The number of benzene rings is 1. The highest BCUT2D eigenvalue weighted by molar-refractivity contribution is 7.89. The van der Waals surface area contributed by atoms with Crippen LogP contribution in [-0.4, -0.2) is 67.5 Å². The molecule has 9 nitrogen and oxygen atoms in total. The lowest BCUT2D eigenvalue weighted by atomic mass is 10.2. The molecule has 1 aliphatic heterocycles. The highest BCUT2D eigenvalue weighted by Crippen LogP contribution is 2.26. The van der Waals surface area contributed by atoms with Gasteiger partial charge in [0.15, 0.2) is 5.82 Å². The van der Waals surface area contributed by atoms with Crippen LogP contribution in [0.1, 0.15) is 17.3 Å². The van der Waals surface area contributed by atoms with Crippen LogP contribution in [0.4, 0.5) is 4.39 Å². The zero-order chi connectivity index (χ0) is 20.7. The SMILES string of the molecule is Cc1nc(CCN(C2CN(S(=O)(=O)c3ccc(C)c(F)c3)C2)S(C)(=O)=O)no1. The third kappa shape index (κ3) is 4.24. The van der Waals surface area contributed by atoms with Crippen molar-refractivity contribution in [3.05, 3.63) is 41.3 Å². The van der Waals surface area contributed by atoms with Crippen LogP contribution in [0.2, 0.25) is 0 Å². The molecule has 0 N–H and O–H groups in total. The van der Waals surface area contributed by atoms with Gasteiger partial charge in [-0.2, -0.15) is 13.6 Å². The van der Waals surface area contributed by atoms with Gasteiger partial charge in [-0.15, -0.1) is 0 Å². The van der Waals surface area contributed by atoms with E-state index in [1.165, 1.54) is 16.4 Å². The molecule has 154 valence electrons. The number of aromatic nitrogens is 2. The first-order valence-electron chi connectivity index (χ1n) is 8.51. The summed E-state index contributed by atoms with van der Waals surface area (Å²) < 4.78 is 70.5. The van der Waals surface area contributed by atoms with E-state index in [0.717, 1.165) is 16.6 Å². The van der Waals surface area contributed by atoms with Crippen molar-refractivity contribution in [1.29, 1.82) is 0 Å². The standard InChI is InChI=1S/C16H21FN4O5S2/c1-11-4-5-14(8-15(11)17)28(24,25)20-9-13(10-20)21(27(3,22)23)7-6-16-18-12(2)26-19-16/h4-5,8,13H,6-7,9-10H2,1-3H3. The summed E-state index contributed by atoms with van der Waals surface area (Å²) in [5.41, 5.74) is 0.348. The lowest BCUT2D eigenvalue weighted by Crippen LogP contribution is -2.62. The smallest absolute Gasteiger partial charge is 0.243 e. The number of sulfonamides is 2. The molecule has 28 heavy (non-hydrogen) atoms. The Labute approximate surface area is 163 Å². The molecule has 0 spiro atoms. The summed E-state index contributed by atoms with van der Waals surface area (Å²) in [6.07, 6.45) is 1.32. The maximum Gasteiger partial charge on any atom is 0.243 e. The topological polar surface area (TPSA) is 114 Å². The maximum atomic E-state index is 13.7. The van der Waals surface area contributed by atoms with Gasteiger partial charge >= 0.3 is 0 Å². The number of hydrogen-bond donors (Lipinski definition) is 0. The van der Waals surface area contributed by atoms with Crippen LogP contribution < -0.4 is 0 Å². The minimum absolute atomic E-state index is 0.00380. The van der Waals surface area contributed by atoms with Crippen LogP contribution in [0, 0.1) is 19.7 Å². The van der Waals surface area contributed by atoms with Crippen molar-refractivity contribution in [2.24, 2.45) is 0 Å². The van der Waals surface area contributed by atoms with Gasteiger partial charge in [0.25, 0.3) is 0 Å². The molecular formula is C16H21FN4O5S2. The van der Waals surface area contributed by atoms with E-state index in [2.05, 4.69) is 10.1 Å². The third-order valence-electron chi connectivity index (χ3n) is 4.57. The molecule has 2 heterocycles. The molecule has 1 aliphatic rings. The van der Waals surface area contributed by atoms with Crippen LogP contribution in [0.15, 0.2) is 27.6 Å². The lowest BCUT2D eigenvalue weighted by Gasteiger charge is -2.43. The van der Waals surface area contributed by atoms with Crippen molar-refractivity contribution in [3.8, 4) is 0 Å². The van der Waals surface area contributed by atoms with Crippen molar-refractivity contribution in [2.45, 2.75) is 31.2 Å². The summed E-state index contributed by atoms with van der Waals surface area (Å²) >= 11 is 0. The largest absolute Gasteiger partial charge is 0.340 e. The summed E-state index contributed by atoms with van der Waals surface area (Å²) in [7, 11) is -7.45. The number of nitrogens with zero attached hydrogens (tertiary/aromatic N) is 4. The summed E-state index contributed by atoms with van der Waals surface area (Å²) in [6, 6.07) is 3.21. The Bertz CT molecular complexity index is 1080.